The summed E-state index contributed by atoms with van der Waals surface area (Å²) in [6, 6.07) is 5.84. The predicted molar refractivity (Wildman–Crippen MR) is 81.0 cm³/mol. The number of sulfonamides is 1. The van der Waals surface area contributed by atoms with Crippen molar-refractivity contribution in [2.45, 2.75) is 18.7 Å². The van der Waals surface area contributed by atoms with Crippen molar-refractivity contribution >= 4 is 21.6 Å². The summed E-state index contributed by atoms with van der Waals surface area (Å²) in [6.45, 7) is 2.17. The molecule has 0 aliphatic rings. The average Bonchev–Trinajstić information content (AvgIpc) is 2.40. The molecular formula is C13H21N3O4S. The molecule has 0 fully saturated rings. The standard InChI is InChI=1S/C13H21N3O4S/c1-10(13(17)15-7-8-20-2)16-21(18,19)9-11-5-3-4-6-12(11)14/h3-6,10,16H,7-9,14H2,1-2H3,(H,15,17). The molecule has 0 aliphatic heterocycles. The number of nitrogen functional groups attached to an aromatic ring is 1. The number of hydrogen-bond donors (Lipinski definition) is 3. The van der Waals surface area contributed by atoms with Crippen LogP contribution in [0.5, 0.6) is 0 Å². The van der Waals surface area contributed by atoms with Crippen LogP contribution in [0, 0.1) is 0 Å². The van der Waals surface area contributed by atoms with Gasteiger partial charge < -0.3 is 15.8 Å². The highest BCUT2D eigenvalue weighted by atomic mass is 32.2. The Morgan fingerprint density at radius 3 is 2.67 bits per heavy atom. The monoisotopic (exact) mass is 315 g/mol. The molecule has 0 radical (unpaired) electrons. The Kier molecular flexibility index (Phi) is 6.60. The van der Waals surface area contributed by atoms with Gasteiger partial charge in [0.05, 0.1) is 18.4 Å². The van der Waals surface area contributed by atoms with Gasteiger partial charge in [-0.3, -0.25) is 4.79 Å². The molecule has 7 nitrogen and oxygen atoms in total. The van der Waals surface area contributed by atoms with Crippen LogP contribution in [0.25, 0.3) is 0 Å². The second-order valence-corrected chi connectivity index (χ2v) is 6.34. The molecule has 0 saturated carbocycles. The molecule has 0 saturated heterocycles. The lowest BCUT2D eigenvalue weighted by Gasteiger charge is -2.14. The quantitative estimate of drug-likeness (QED) is 0.456. The maximum absolute atomic E-state index is 12.0. The number of nitrogens with one attached hydrogen (secondary N) is 2. The SMILES string of the molecule is COCCNC(=O)C(C)NS(=O)(=O)Cc1ccccc1N. The normalized spacial score (nSPS) is 12.9. The molecule has 118 valence electrons. The highest BCUT2D eigenvalue weighted by molar-refractivity contribution is 7.88. The number of para-hydroxylation sites is 1. The minimum absolute atomic E-state index is 0.268. The maximum atomic E-state index is 12.0. The minimum atomic E-state index is -3.65. The molecule has 21 heavy (non-hydrogen) atoms. The van der Waals surface area contributed by atoms with Crippen LogP contribution in [0.2, 0.25) is 0 Å². The number of benzene rings is 1. The second-order valence-electron chi connectivity index (χ2n) is 4.58. The maximum Gasteiger partial charge on any atom is 0.237 e. The summed E-state index contributed by atoms with van der Waals surface area (Å²) < 4.78 is 31.2. The fourth-order valence-corrected chi connectivity index (χ4v) is 3.07. The zero-order valence-electron chi connectivity index (χ0n) is 12.1. The fourth-order valence-electron chi connectivity index (χ4n) is 1.66. The molecule has 0 bridgehead atoms. The Hall–Kier alpha value is -1.64. The third-order valence-corrected chi connectivity index (χ3v) is 4.16. The molecule has 0 aliphatic carbocycles. The van der Waals surface area contributed by atoms with Crippen molar-refractivity contribution in [1.82, 2.24) is 10.0 Å². The first-order valence-electron chi connectivity index (χ1n) is 6.46. The summed E-state index contributed by atoms with van der Waals surface area (Å²) in [7, 11) is -2.14. The van der Waals surface area contributed by atoms with Crippen molar-refractivity contribution in [3.63, 3.8) is 0 Å². The Labute approximate surface area is 124 Å². The molecule has 4 N–H and O–H groups in total. The summed E-state index contributed by atoms with van der Waals surface area (Å²) in [5.74, 6) is -0.674. The zero-order chi connectivity index (χ0) is 15.9. The number of carbonyl (C=O) groups excluding carboxylic acids is 1. The Morgan fingerprint density at radius 2 is 2.05 bits per heavy atom. The smallest absolute Gasteiger partial charge is 0.237 e. The Balaban J connectivity index is 2.59. The van der Waals surface area contributed by atoms with Crippen molar-refractivity contribution in [3.05, 3.63) is 29.8 Å². The molecule has 1 rings (SSSR count). The van der Waals surface area contributed by atoms with Crippen molar-refractivity contribution in [1.29, 1.82) is 0 Å². The van der Waals surface area contributed by atoms with Gasteiger partial charge in [0.2, 0.25) is 15.9 Å². The van der Waals surface area contributed by atoms with E-state index in [4.69, 9.17) is 10.5 Å². The predicted octanol–water partition coefficient (Wildman–Crippen LogP) is -0.161. The second kappa shape index (κ2) is 7.96. The van der Waals surface area contributed by atoms with E-state index in [-0.39, 0.29) is 5.75 Å². The van der Waals surface area contributed by atoms with Gasteiger partial charge in [0.25, 0.3) is 0 Å². The number of amides is 1. The number of ether oxygens (including phenoxy) is 1. The lowest BCUT2D eigenvalue weighted by atomic mass is 10.2. The van der Waals surface area contributed by atoms with E-state index in [1.165, 1.54) is 14.0 Å². The van der Waals surface area contributed by atoms with E-state index < -0.39 is 22.0 Å². The number of hydrogen-bond acceptors (Lipinski definition) is 5. The molecule has 8 heteroatoms. The van der Waals surface area contributed by atoms with Crippen LogP contribution in [0.4, 0.5) is 5.69 Å². The van der Waals surface area contributed by atoms with Crippen molar-refractivity contribution in [3.8, 4) is 0 Å². The first-order valence-corrected chi connectivity index (χ1v) is 8.11. The van der Waals surface area contributed by atoms with E-state index in [1.807, 2.05) is 0 Å². The van der Waals surface area contributed by atoms with Crippen LogP contribution in [0.15, 0.2) is 24.3 Å². The van der Waals surface area contributed by atoms with Crippen LogP contribution in [-0.4, -0.2) is 40.6 Å². The van der Waals surface area contributed by atoms with Gasteiger partial charge in [-0.05, 0) is 18.6 Å². The van der Waals surface area contributed by atoms with Crippen molar-refractivity contribution < 1.29 is 17.9 Å². The first kappa shape index (κ1) is 17.4. The number of carbonyl (C=O) groups is 1. The van der Waals surface area contributed by atoms with Gasteiger partial charge in [0, 0.05) is 19.3 Å². The van der Waals surface area contributed by atoms with Crippen LogP contribution in [0.3, 0.4) is 0 Å². The van der Waals surface area contributed by atoms with Gasteiger partial charge in [-0.1, -0.05) is 18.2 Å². The van der Waals surface area contributed by atoms with E-state index in [1.54, 1.807) is 24.3 Å². The highest BCUT2D eigenvalue weighted by Gasteiger charge is 2.21. The lowest BCUT2D eigenvalue weighted by molar-refractivity contribution is -0.122. The van der Waals surface area contributed by atoms with Gasteiger partial charge in [-0.2, -0.15) is 0 Å². The van der Waals surface area contributed by atoms with Crippen LogP contribution < -0.4 is 15.8 Å². The molecule has 1 unspecified atom stereocenters. The van der Waals surface area contributed by atoms with E-state index >= 15 is 0 Å². The van der Waals surface area contributed by atoms with Gasteiger partial charge in [-0.25, -0.2) is 13.1 Å². The van der Waals surface area contributed by atoms with Crippen LogP contribution >= 0.6 is 0 Å². The molecule has 1 aromatic carbocycles. The van der Waals surface area contributed by atoms with E-state index in [9.17, 15) is 13.2 Å². The van der Waals surface area contributed by atoms with Gasteiger partial charge in [0.15, 0.2) is 0 Å². The van der Waals surface area contributed by atoms with Crippen molar-refractivity contribution in [2.24, 2.45) is 0 Å². The summed E-state index contributed by atoms with van der Waals surface area (Å²) in [5, 5.41) is 2.57. The number of anilines is 1. The van der Waals surface area contributed by atoms with Gasteiger partial charge in [0.1, 0.15) is 0 Å². The molecular weight excluding hydrogens is 294 g/mol. The van der Waals surface area contributed by atoms with Crippen molar-refractivity contribution in [2.75, 3.05) is 26.0 Å². The summed E-state index contributed by atoms with van der Waals surface area (Å²) in [5.41, 5.74) is 6.61. The van der Waals surface area contributed by atoms with Crippen LogP contribution in [-0.2, 0) is 25.3 Å². The lowest BCUT2D eigenvalue weighted by Crippen LogP contribution is -2.45. The molecule has 0 aromatic heterocycles. The Bertz CT molecular complexity index is 575. The van der Waals surface area contributed by atoms with Gasteiger partial charge >= 0.3 is 0 Å². The number of rotatable bonds is 8. The molecule has 0 spiro atoms. The number of nitrogens with two attached hydrogens (primary N) is 1. The third-order valence-electron chi connectivity index (χ3n) is 2.76. The fraction of sp³-hybridized carbons (Fsp3) is 0.462. The summed E-state index contributed by atoms with van der Waals surface area (Å²) in [4.78, 5) is 11.7. The van der Waals surface area contributed by atoms with E-state index in [2.05, 4.69) is 10.0 Å². The van der Waals surface area contributed by atoms with Gasteiger partial charge in [-0.15, -0.1) is 0 Å². The van der Waals surface area contributed by atoms with E-state index in [0.717, 1.165) is 0 Å². The summed E-state index contributed by atoms with van der Waals surface area (Å²) in [6.07, 6.45) is 0. The highest BCUT2D eigenvalue weighted by Crippen LogP contribution is 2.13. The largest absolute Gasteiger partial charge is 0.398 e. The average molecular weight is 315 g/mol. The van der Waals surface area contributed by atoms with Crippen LogP contribution in [0.1, 0.15) is 12.5 Å². The zero-order valence-corrected chi connectivity index (χ0v) is 12.9. The molecule has 1 aromatic rings. The first-order chi connectivity index (χ1) is 9.85. The minimum Gasteiger partial charge on any atom is -0.398 e. The third kappa shape index (κ3) is 6.11. The molecule has 1 amide bonds. The topological polar surface area (TPSA) is 111 Å². The number of methoxy groups -OCH3 is 1. The summed E-state index contributed by atoms with van der Waals surface area (Å²) >= 11 is 0. The molecule has 1 atom stereocenters. The Morgan fingerprint density at radius 1 is 1.38 bits per heavy atom. The molecule has 0 heterocycles. The van der Waals surface area contributed by atoms with E-state index in [0.29, 0.717) is 24.4 Å².